The molecule has 9 aromatic rings. The fraction of sp³-hybridized carbons (Fsp3) is 0.0435. The van der Waals surface area contributed by atoms with Crippen LogP contribution >= 0.6 is 10.0 Å². The van der Waals surface area contributed by atoms with Gasteiger partial charge < -0.3 is 18.6 Å². The summed E-state index contributed by atoms with van der Waals surface area (Å²) in [7, 11) is -1.39. The molecule has 2 aromatic heterocycles. The van der Waals surface area contributed by atoms with Crippen LogP contribution in [0, 0.1) is 0 Å². The molecule has 0 radical (unpaired) electrons. The van der Waals surface area contributed by atoms with Gasteiger partial charge in [0, 0.05) is 60.0 Å². The van der Waals surface area contributed by atoms with Crippen molar-refractivity contribution in [2.24, 2.45) is 0 Å². The van der Waals surface area contributed by atoms with E-state index in [1.807, 2.05) is 12.1 Å². The molecule has 0 fully saturated rings. The molecule has 7 aromatic carbocycles. The van der Waals surface area contributed by atoms with E-state index in [2.05, 4.69) is 180 Å². The predicted molar refractivity (Wildman–Crippen MR) is 214 cm³/mol. The highest BCUT2D eigenvalue weighted by atomic mass is 32.3. The molecule has 51 heavy (non-hydrogen) atoms. The van der Waals surface area contributed by atoms with Gasteiger partial charge in [-0.25, -0.2) is 0 Å². The molecule has 0 N–H and O–H groups in total. The van der Waals surface area contributed by atoms with E-state index in [1.165, 1.54) is 15.2 Å². The van der Waals surface area contributed by atoms with Crippen LogP contribution in [0.25, 0.3) is 44.2 Å². The molecule has 1 aliphatic rings. The molecular formula is C46H34N2O2S. The van der Waals surface area contributed by atoms with Crippen LogP contribution in [0.5, 0.6) is 0 Å². The average Bonchev–Trinajstić information content (AvgIpc) is 3.82. The largest absolute Gasteiger partial charge is 0.455 e. The zero-order chi connectivity index (χ0) is 34.1. The maximum absolute atomic E-state index is 6.84. The van der Waals surface area contributed by atoms with Crippen LogP contribution in [0.2, 0.25) is 0 Å². The van der Waals surface area contributed by atoms with Crippen LogP contribution in [-0.4, -0.2) is 12.5 Å². The Hall–Kier alpha value is -6.17. The first-order chi connectivity index (χ1) is 25.1. The van der Waals surface area contributed by atoms with Crippen molar-refractivity contribution in [2.75, 3.05) is 22.3 Å². The Morgan fingerprint density at radius 1 is 0.431 bits per heavy atom. The summed E-state index contributed by atoms with van der Waals surface area (Å²) < 4.78 is 13.4. The Kier molecular flexibility index (Phi) is 6.67. The number of rotatable bonds is 6. The highest BCUT2D eigenvalue weighted by Gasteiger charge is 2.38. The fourth-order valence-electron chi connectivity index (χ4n) is 7.79. The molecule has 246 valence electrons. The van der Waals surface area contributed by atoms with Crippen LogP contribution in [0.3, 0.4) is 0 Å². The summed E-state index contributed by atoms with van der Waals surface area (Å²) in [5.74, 6) is 0.972. The van der Waals surface area contributed by atoms with Crippen LogP contribution < -0.4 is 9.80 Å². The van der Waals surface area contributed by atoms with Crippen LogP contribution in [-0.2, 0) is 0 Å². The minimum absolute atomic E-state index is 0.868. The van der Waals surface area contributed by atoms with Crippen molar-refractivity contribution in [1.82, 2.24) is 0 Å². The third kappa shape index (κ3) is 4.62. The Labute approximate surface area is 298 Å². The average molecular weight is 679 g/mol. The number of nitrogens with zero attached hydrogens (tertiary/aromatic N) is 2. The first-order valence-corrected chi connectivity index (χ1v) is 19.6. The minimum Gasteiger partial charge on any atom is -0.455 e. The van der Waals surface area contributed by atoms with E-state index in [0.29, 0.717) is 0 Å². The van der Waals surface area contributed by atoms with Crippen molar-refractivity contribution in [3.05, 3.63) is 170 Å². The van der Waals surface area contributed by atoms with Gasteiger partial charge in [-0.3, -0.25) is 0 Å². The maximum Gasteiger partial charge on any atom is 0.159 e. The van der Waals surface area contributed by atoms with Crippen molar-refractivity contribution in [3.8, 4) is 11.3 Å². The summed E-state index contributed by atoms with van der Waals surface area (Å²) in [4.78, 5) is 7.27. The Balaban J connectivity index is 1.15. The number of para-hydroxylation sites is 5. The molecule has 0 saturated heterocycles. The number of anilines is 6. The number of furan rings is 2. The Morgan fingerprint density at radius 3 is 1.71 bits per heavy atom. The van der Waals surface area contributed by atoms with Gasteiger partial charge in [-0.15, -0.1) is 0 Å². The lowest BCUT2D eigenvalue weighted by Crippen LogP contribution is -2.10. The normalized spacial score (nSPS) is 13.7. The maximum atomic E-state index is 6.84. The standard InChI is InChI=1S/C46H34N2O2S/c1-51(2)43-28-26-35(48(33-19-10-5-11-20-33)40-23-14-22-37-36-21-12-13-24-41(36)49-44(37)40)30-39(43)45-46(51)38-29-34(25-27-42(38)50-45)47(31-15-6-3-7-16-31)32-17-8-4-9-18-32/h3-30H,1-2H3. The van der Waals surface area contributed by atoms with Gasteiger partial charge >= 0.3 is 0 Å². The number of hydrogen-bond acceptors (Lipinski definition) is 4. The zero-order valence-electron chi connectivity index (χ0n) is 28.3. The molecule has 4 nitrogen and oxygen atoms in total. The zero-order valence-corrected chi connectivity index (χ0v) is 29.1. The predicted octanol–water partition coefficient (Wildman–Crippen LogP) is 13.7. The molecule has 0 saturated carbocycles. The van der Waals surface area contributed by atoms with Gasteiger partial charge in [0.25, 0.3) is 0 Å². The van der Waals surface area contributed by atoms with Gasteiger partial charge in [-0.1, -0.05) is 84.9 Å². The minimum atomic E-state index is -1.39. The lowest BCUT2D eigenvalue weighted by atomic mass is 10.1. The van der Waals surface area contributed by atoms with Crippen LogP contribution in [0.4, 0.5) is 34.1 Å². The molecule has 1 aliphatic heterocycles. The third-order valence-corrected chi connectivity index (χ3v) is 13.0. The summed E-state index contributed by atoms with van der Waals surface area (Å²) in [6, 6.07) is 59.9. The molecule has 0 aliphatic carbocycles. The monoisotopic (exact) mass is 678 g/mol. The molecule has 0 amide bonds. The molecule has 0 atom stereocenters. The summed E-state index contributed by atoms with van der Waals surface area (Å²) in [5, 5.41) is 3.39. The number of fused-ring (bicyclic) bond motifs is 8. The number of benzene rings is 7. The van der Waals surface area contributed by atoms with Crippen LogP contribution in [0.15, 0.2) is 188 Å². The van der Waals surface area contributed by atoms with Crippen LogP contribution in [0.1, 0.15) is 0 Å². The Bertz CT molecular complexity index is 2690. The van der Waals surface area contributed by atoms with Crippen molar-refractivity contribution in [2.45, 2.75) is 9.79 Å². The van der Waals surface area contributed by atoms with E-state index in [9.17, 15) is 0 Å². The second-order valence-corrected chi connectivity index (χ2v) is 16.9. The Morgan fingerprint density at radius 2 is 1.00 bits per heavy atom. The van der Waals surface area contributed by atoms with Crippen molar-refractivity contribution in [1.29, 1.82) is 0 Å². The first-order valence-electron chi connectivity index (χ1n) is 17.2. The topological polar surface area (TPSA) is 32.8 Å². The van der Waals surface area contributed by atoms with E-state index < -0.39 is 10.0 Å². The van der Waals surface area contributed by atoms with E-state index in [-0.39, 0.29) is 0 Å². The first kappa shape index (κ1) is 29.7. The molecule has 10 rings (SSSR count). The van der Waals surface area contributed by atoms with E-state index in [1.54, 1.807) is 0 Å². The summed E-state index contributed by atoms with van der Waals surface area (Å²) in [6.07, 6.45) is 4.80. The summed E-state index contributed by atoms with van der Waals surface area (Å²) >= 11 is 0. The molecule has 0 bridgehead atoms. The molecule has 5 heteroatoms. The second kappa shape index (κ2) is 11.4. The van der Waals surface area contributed by atoms with E-state index >= 15 is 0 Å². The second-order valence-electron chi connectivity index (χ2n) is 13.4. The van der Waals surface area contributed by atoms with Crippen molar-refractivity contribution in [3.63, 3.8) is 0 Å². The number of hydrogen-bond donors (Lipinski definition) is 0. The summed E-state index contributed by atoms with van der Waals surface area (Å²) in [6.45, 7) is 0. The van der Waals surface area contributed by atoms with Gasteiger partial charge in [0.15, 0.2) is 5.58 Å². The van der Waals surface area contributed by atoms with Crippen molar-refractivity contribution < 1.29 is 8.83 Å². The highest BCUT2D eigenvalue weighted by Crippen LogP contribution is 2.70. The van der Waals surface area contributed by atoms with Gasteiger partial charge in [-0.2, -0.15) is 10.0 Å². The molecular weight excluding hydrogens is 645 g/mol. The van der Waals surface area contributed by atoms with Gasteiger partial charge in [-0.05, 0) is 97.4 Å². The third-order valence-electron chi connectivity index (χ3n) is 10.1. The molecule has 0 spiro atoms. The van der Waals surface area contributed by atoms with E-state index in [0.717, 1.165) is 73.0 Å². The summed E-state index contributed by atoms with van der Waals surface area (Å²) in [5.41, 5.74) is 10.3. The van der Waals surface area contributed by atoms with Gasteiger partial charge in [0.05, 0.1) is 5.69 Å². The smallest absolute Gasteiger partial charge is 0.159 e. The van der Waals surface area contributed by atoms with Crippen molar-refractivity contribution >= 4 is 77.1 Å². The molecule has 0 unspecified atom stereocenters. The lowest BCUT2D eigenvalue weighted by Gasteiger charge is -2.30. The quantitative estimate of drug-likeness (QED) is 0.175. The van der Waals surface area contributed by atoms with E-state index in [4.69, 9.17) is 8.83 Å². The fourth-order valence-corrected chi connectivity index (χ4v) is 10.4. The van der Waals surface area contributed by atoms with Gasteiger partial charge in [0.2, 0.25) is 0 Å². The lowest BCUT2D eigenvalue weighted by molar-refractivity contribution is 0.625. The molecule has 3 heterocycles. The van der Waals surface area contributed by atoms with Gasteiger partial charge in [0.1, 0.15) is 16.9 Å². The highest BCUT2D eigenvalue weighted by molar-refractivity contribution is 8.33. The SMILES string of the molecule is CS1(C)c2ccc(N(c3ccccc3)c3cccc4c3oc3ccccc34)cc2-c2oc3ccc(N(c4ccccc4)c4ccccc4)cc3c21.